The Hall–Kier alpha value is -1.12. The maximum Gasteiger partial charge on any atom is 0.241 e. The van der Waals surface area contributed by atoms with Gasteiger partial charge in [0.15, 0.2) is 0 Å². The third-order valence-electron chi connectivity index (χ3n) is 2.68. The number of halogens is 1. The summed E-state index contributed by atoms with van der Waals surface area (Å²) in [5.74, 6) is -0.580. The lowest BCUT2D eigenvalue weighted by Gasteiger charge is -2.25. The number of sulfonamides is 1. The second-order valence-corrected chi connectivity index (χ2v) is 7.82. The molecule has 0 aliphatic carbocycles. The lowest BCUT2D eigenvalue weighted by Crippen LogP contribution is -2.46. The predicted molar refractivity (Wildman–Crippen MR) is 81.5 cm³/mol. The Morgan fingerprint density at radius 2 is 1.95 bits per heavy atom. The highest BCUT2D eigenvalue weighted by Crippen LogP contribution is 2.27. The Bertz CT molecular complexity index is 642. The maximum absolute atomic E-state index is 12.4. The average molecular weight is 364 g/mol. The van der Waals surface area contributed by atoms with Crippen LogP contribution in [0.15, 0.2) is 21.5 Å². The topological polar surface area (TPSA) is 115 Å². The van der Waals surface area contributed by atoms with E-state index in [-0.39, 0.29) is 11.3 Å². The van der Waals surface area contributed by atoms with Crippen molar-refractivity contribution in [3.8, 4) is 0 Å². The van der Waals surface area contributed by atoms with Gasteiger partial charge in [-0.3, -0.25) is 4.79 Å². The van der Waals surface area contributed by atoms with Gasteiger partial charge in [0.1, 0.15) is 0 Å². The summed E-state index contributed by atoms with van der Waals surface area (Å²) in [5, 5.41) is 0. The summed E-state index contributed by atoms with van der Waals surface area (Å²) in [6.07, 6.45) is -0.102. The smallest absolute Gasteiger partial charge is 0.241 e. The Morgan fingerprint density at radius 1 is 1.40 bits per heavy atom. The van der Waals surface area contributed by atoms with Crippen molar-refractivity contribution in [2.45, 2.75) is 37.6 Å². The fourth-order valence-electron chi connectivity index (χ4n) is 1.84. The van der Waals surface area contributed by atoms with Crippen molar-refractivity contribution in [2.24, 2.45) is 5.73 Å². The SMILES string of the molecule is Cc1c(N)cc(Br)cc1S(=O)(=O)NC(C)(C)CC(N)=O. The molecule has 0 radical (unpaired) electrons. The summed E-state index contributed by atoms with van der Waals surface area (Å²) < 4.78 is 27.9. The molecule has 1 aromatic rings. The van der Waals surface area contributed by atoms with E-state index < -0.39 is 21.5 Å². The van der Waals surface area contributed by atoms with Crippen LogP contribution in [0.1, 0.15) is 25.8 Å². The molecule has 0 atom stereocenters. The van der Waals surface area contributed by atoms with Crippen LogP contribution in [-0.4, -0.2) is 19.9 Å². The highest BCUT2D eigenvalue weighted by molar-refractivity contribution is 9.10. The van der Waals surface area contributed by atoms with Gasteiger partial charge < -0.3 is 11.5 Å². The van der Waals surface area contributed by atoms with E-state index in [0.717, 1.165) is 0 Å². The molecule has 0 unspecified atom stereocenters. The number of hydrogen-bond acceptors (Lipinski definition) is 4. The largest absolute Gasteiger partial charge is 0.398 e. The van der Waals surface area contributed by atoms with E-state index in [2.05, 4.69) is 20.7 Å². The monoisotopic (exact) mass is 363 g/mol. The van der Waals surface area contributed by atoms with Gasteiger partial charge in [0, 0.05) is 22.1 Å². The van der Waals surface area contributed by atoms with Gasteiger partial charge in [-0.2, -0.15) is 0 Å². The molecule has 112 valence electrons. The van der Waals surface area contributed by atoms with Crippen LogP contribution in [0.3, 0.4) is 0 Å². The van der Waals surface area contributed by atoms with Crippen molar-refractivity contribution >= 4 is 37.5 Å². The van der Waals surface area contributed by atoms with Crippen LogP contribution >= 0.6 is 15.9 Å². The zero-order chi connectivity index (χ0) is 15.7. The molecule has 1 rings (SSSR count). The van der Waals surface area contributed by atoms with Crippen LogP contribution < -0.4 is 16.2 Å². The fraction of sp³-hybridized carbons (Fsp3) is 0.417. The van der Waals surface area contributed by atoms with Crippen molar-refractivity contribution in [1.82, 2.24) is 4.72 Å². The van der Waals surface area contributed by atoms with Gasteiger partial charge in [0.25, 0.3) is 0 Å². The third-order valence-corrected chi connectivity index (χ3v) is 4.96. The van der Waals surface area contributed by atoms with Crippen LogP contribution in [-0.2, 0) is 14.8 Å². The Kier molecular flexibility index (Phi) is 4.83. The van der Waals surface area contributed by atoms with Crippen LogP contribution in [0.2, 0.25) is 0 Å². The fourth-order valence-corrected chi connectivity index (χ4v) is 4.18. The molecule has 0 saturated carbocycles. The van der Waals surface area contributed by atoms with Gasteiger partial charge in [-0.15, -0.1) is 0 Å². The van der Waals surface area contributed by atoms with E-state index in [9.17, 15) is 13.2 Å². The van der Waals surface area contributed by atoms with E-state index in [0.29, 0.717) is 15.7 Å². The first kappa shape index (κ1) is 16.9. The van der Waals surface area contributed by atoms with Gasteiger partial charge >= 0.3 is 0 Å². The second kappa shape index (κ2) is 5.71. The molecule has 1 aromatic carbocycles. The van der Waals surface area contributed by atoms with E-state index in [1.54, 1.807) is 26.8 Å². The van der Waals surface area contributed by atoms with Gasteiger partial charge in [-0.05, 0) is 38.5 Å². The molecule has 0 heterocycles. The molecule has 8 heteroatoms. The highest BCUT2D eigenvalue weighted by Gasteiger charge is 2.29. The van der Waals surface area contributed by atoms with E-state index >= 15 is 0 Å². The minimum Gasteiger partial charge on any atom is -0.398 e. The van der Waals surface area contributed by atoms with Crippen LogP contribution in [0.25, 0.3) is 0 Å². The maximum atomic E-state index is 12.4. The summed E-state index contributed by atoms with van der Waals surface area (Å²) >= 11 is 3.21. The van der Waals surface area contributed by atoms with Crippen molar-refractivity contribution in [2.75, 3.05) is 5.73 Å². The minimum absolute atomic E-state index is 0.0712. The van der Waals surface area contributed by atoms with Crippen molar-refractivity contribution in [3.63, 3.8) is 0 Å². The Balaban J connectivity index is 3.22. The van der Waals surface area contributed by atoms with Gasteiger partial charge in [0.05, 0.1) is 4.90 Å². The molecule has 20 heavy (non-hydrogen) atoms. The summed E-state index contributed by atoms with van der Waals surface area (Å²) in [4.78, 5) is 11.0. The van der Waals surface area contributed by atoms with Crippen molar-refractivity contribution in [1.29, 1.82) is 0 Å². The first-order valence-corrected chi connectivity index (χ1v) is 8.10. The predicted octanol–water partition coefficient (Wildman–Crippen LogP) is 1.27. The summed E-state index contributed by atoms with van der Waals surface area (Å²) in [6, 6.07) is 3.09. The molecule has 0 spiro atoms. The molecule has 0 fully saturated rings. The number of primary amides is 1. The lowest BCUT2D eigenvalue weighted by molar-refractivity contribution is -0.119. The number of nitrogens with one attached hydrogen (secondary N) is 1. The number of nitrogen functional groups attached to an aromatic ring is 1. The summed E-state index contributed by atoms with van der Waals surface area (Å²) in [5.41, 5.74) is 10.7. The number of benzene rings is 1. The van der Waals surface area contributed by atoms with Crippen LogP contribution in [0, 0.1) is 6.92 Å². The van der Waals surface area contributed by atoms with Crippen LogP contribution in [0.5, 0.6) is 0 Å². The molecule has 0 bridgehead atoms. The summed E-state index contributed by atoms with van der Waals surface area (Å²) in [7, 11) is -3.81. The quantitative estimate of drug-likeness (QED) is 0.683. The average Bonchev–Trinajstić information content (AvgIpc) is 2.19. The third kappa shape index (κ3) is 4.19. The van der Waals surface area contributed by atoms with Gasteiger partial charge in [-0.25, -0.2) is 13.1 Å². The zero-order valence-corrected chi connectivity index (χ0v) is 13.9. The molecular formula is C12H18BrN3O3S. The zero-order valence-electron chi connectivity index (χ0n) is 11.5. The first-order chi connectivity index (χ1) is 8.94. The van der Waals surface area contributed by atoms with Gasteiger partial charge in [-0.1, -0.05) is 15.9 Å². The minimum atomic E-state index is -3.81. The normalized spacial score (nSPS) is 12.4. The number of carbonyl (C=O) groups excluding carboxylic acids is 1. The number of nitrogens with two attached hydrogens (primary N) is 2. The molecule has 5 N–H and O–H groups in total. The molecule has 6 nitrogen and oxygen atoms in total. The Labute approximate surface area is 127 Å². The number of amides is 1. The van der Waals surface area contributed by atoms with E-state index in [4.69, 9.17) is 11.5 Å². The van der Waals surface area contributed by atoms with E-state index in [1.807, 2.05) is 0 Å². The summed E-state index contributed by atoms with van der Waals surface area (Å²) in [6.45, 7) is 4.80. The highest BCUT2D eigenvalue weighted by atomic mass is 79.9. The molecule has 0 aliphatic heterocycles. The van der Waals surface area contributed by atoms with Crippen molar-refractivity contribution in [3.05, 3.63) is 22.2 Å². The lowest BCUT2D eigenvalue weighted by atomic mass is 10.0. The van der Waals surface area contributed by atoms with Crippen LogP contribution in [0.4, 0.5) is 5.69 Å². The van der Waals surface area contributed by atoms with Gasteiger partial charge in [0.2, 0.25) is 15.9 Å². The van der Waals surface area contributed by atoms with E-state index in [1.165, 1.54) is 6.07 Å². The number of hydrogen-bond donors (Lipinski definition) is 3. The standard InChI is InChI=1S/C12H18BrN3O3S/c1-7-9(14)4-8(13)5-10(7)20(18,19)16-12(2,3)6-11(15)17/h4-5,16H,6,14H2,1-3H3,(H2,15,17). The molecule has 0 aromatic heterocycles. The first-order valence-electron chi connectivity index (χ1n) is 5.82. The molecule has 1 amide bonds. The number of anilines is 1. The molecule has 0 saturated heterocycles. The van der Waals surface area contributed by atoms with Crippen molar-refractivity contribution < 1.29 is 13.2 Å². The number of rotatable bonds is 5. The number of carbonyl (C=O) groups is 1. The Morgan fingerprint density at radius 3 is 2.45 bits per heavy atom. The molecular weight excluding hydrogens is 346 g/mol. The second-order valence-electron chi connectivity index (χ2n) is 5.25. The molecule has 0 aliphatic rings.